The molecule has 2 fully saturated rings. The first-order chi connectivity index (χ1) is 13.4. The first kappa shape index (κ1) is 19.5. The van der Waals surface area contributed by atoms with Gasteiger partial charge < -0.3 is 4.90 Å². The average molecular weight is 403 g/mol. The quantitative estimate of drug-likeness (QED) is 0.787. The van der Waals surface area contributed by atoms with Gasteiger partial charge in [0.1, 0.15) is 0 Å². The number of aryl methyl sites for hydroxylation is 1. The van der Waals surface area contributed by atoms with Gasteiger partial charge in [0.05, 0.1) is 34.6 Å². The van der Waals surface area contributed by atoms with E-state index in [2.05, 4.69) is 54.0 Å². The lowest BCUT2D eigenvalue weighted by molar-refractivity contribution is 0.198. The van der Waals surface area contributed by atoms with Crippen LogP contribution >= 0.6 is 0 Å². The van der Waals surface area contributed by atoms with Gasteiger partial charge in [-0.1, -0.05) is 30.3 Å². The minimum absolute atomic E-state index is 0.0168. The Hall–Kier alpha value is -1.86. The van der Waals surface area contributed by atoms with Crippen molar-refractivity contribution in [2.75, 3.05) is 42.6 Å². The molecule has 2 aliphatic heterocycles. The highest BCUT2D eigenvalue weighted by Crippen LogP contribution is 2.32. The Labute approximate surface area is 168 Å². The van der Waals surface area contributed by atoms with Crippen molar-refractivity contribution in [3.63, 3.8) is 0 Å². The standard InChI is InChI=1S/C21H30N4O2S/c1-16-21(18(3)25(22-16)20-9-14-28(26,27)15-20)24-12-10-23(11-13-24)17(2)19-7-5-4-6-8-19/h4-8,17,20H,9-15H2,1-3H3. The van der Waals surface area contributed by atoms with Crippen LogP contribution < -0.4 is 4.90 Å². The third kappa shape index (κ3) is 3.70. The van der Waals surface area contributed by atoms with Crippen molar-refractivity contribution in [2.45, 2.75) is 39.3 Å². The molecule has 28 heavy (non-hydrogen) atoms. The number of aromatic nitrogens is 2. The fraction of sp³-hybridized carbons (Fsp3) is 0.571. The van der Waals surface area contributed by atoms with Crippen LogP contribution in [0.1, 0.15) is 42.4 Å². The zero-order valence-electron chi connectivity index (χ0n) is 17.0. The van der Waals surface area contributed by atoms with Gasteiger partial charge in [0.25, 0.3) is 0 Å². The minimum atomic E-state index is -2.91. The van der Waals surface area contributed by atoms with Crippen LogP contribution in [-0.2, 0) is 9.84 Å². The summed E-state index contributed by atoms with van der Waals surface area (Å²) in [6.07, 6.45) is 0.673. The Bertz CT molecular complexity index is 931. The van der Waals surface area contributed by atoms with Crippen molar-refractivity contribution in [3.05, 3.63) is 47.3 Å². The van der Waals surface area contributed by atoms with E-state index >= 15 is 0 Å². The summed E-state index contributed by atoms with van der Waals surface area (Å²) in [6, 6.07) is 11.1. The Morgan fingerprint density at radius 3 is 2.36 bits per heavy atom. The molecule has 2 atom stereocenters. The zero-order valence-corrected chi connectivity index (χ0v) is 17.8. The molecular formula is C21H30N4O2S. The van der Waals surface area contributed by atoms with Crippen molar-refractivity contribution in [1.29, 1.82) is 0 Å². The highest BCUT2D eigenvalue weighted by Gasteiger charge is 2.33. The SMILES string of the molecule is Cc1nn(C2CCS(=O)(=O)C2)c(C)c1N1CCN(C(C)c2ccccc2)CC1. The van der Waals surface area contributed by atoms with E-state index < -0.39 is 9.84 Å². The Morgan fingerprint density at radius 2 is 1.75 bits per heavy atom. The van der Waals surface area contributed by atoms with Gasteiger partial charge in [-0.15, -0.1) is 0 Å². The van der Waals surface area contributed by atoms with E-state index in [1.807, 2.05) is 11.6 Å². The summed E-state index contributed by atoms with van der Waals surface area (Å²) in [5.41, 5.74) is 4.66. The lowest BCUT2D eigenvalue weighted by atomic mass is 10.1. The maximum absolute atomic E-state index is 11.9. The van der Waals surface area contributed by atoms with Crippen LogP contribution in [0.4, 0.5) is 5.69 Å². The normalized spacial score (nSPS) is 23.8. The van der Waals surface area contributed by atoms with Crippen LogP contribution in [0.15, 0.2) is 30.3 Å². The fourth-order valence-electron chi connectivity index (χ4n) is 4.71. The molecular weight excluding hydrogens is 372 g/mol. The molecule has 0 aliphatic carbocycles. The van der Waals surface area contributed by atoms with E-state index in [1.54, 1.807) is 0 Å². The van der Waals surface area contributed by atoms with E-state index in [1.165, 1.54) is 11.3 Å². The van der Waals surface area contributed by atoms with Crippen molar-refractivity contribution in [3.8, 4) is 0 Å². The summed E-state index contributed by atoms with van der Waals surface area (Å²) < 4.78 is 25.7. The third-order valence-electron chi connectivity index (χ3n) is 6.30. The lowest BCUT2D eigenvalue weighted by Gasteiger charge is -2.39. The van der Waals surface area contributed by atoms with Gasteiger partial charge >= 0.3 is 0 Å². The minimum Gasteiger partial charge on any atom is -0.366 e. The number of sulfone groups is 1. The predicted octanol–water partition coefficient (Wildman–Crippen LogP) is 2.74. The first-order valence-corrected chi connectivity index (χ1v) is 12.0. The molecule has 2 aromatic rings. The van der Waals surface area contributed by atoms with Crippen LogP contribution in [0.25, 0.3) is 0 Å². The molecule has 3 heterocycles. The maximum atomic E-state index is 11.9. The highest BCUT2D eigenvalue weighted by atomic mass is 32.2. The van der Waals surface area contributed by atoms with Gasteiger partial charge in [0, 0.05) is 32.2 Å². The summed E-state index contributed by atoms with van der Waals surface area (Å²) in [6.45, 7) is 10.4. The van der Waals surface area contributed by atoms with Crippen LogP contribution in [0.5, 0.6) is 0 Å². The number of anilines is 1. The van der Waals surface area contributed by atoms with Crippen LogP contribution in [0, 0.1) is 13.8 Å². The second kappa shape index (κ2) is 7.52. The van der Waals surface area contributed by atoms with Crippen molar-refractivity contribution in [2.24, 2.45) is 0 Å². The number of rotatable bonds is 4. The van der Waals surface area contributed by atoms with Gasteiger partial charge in [-0.05, 0) is 32.8 Å². The first-order valence-electron chi connectivity index (χ1n) is 10.2. The van der Waals surface area contributed by atoms with Crippen LogP contribution in [-0.4, -0.2) is 60.8 Å². The topological polar surface area (TPSA) is 58.4 Å². The molecule has 2 unspecified atom stereocenters. The largest absolute Gasteiger partial charge is 0.366 e. The van der Waals surface area contributed by atoms with E-state index in [0.29, 0.717) is 12.5 Å². The Kier molecular flexibility index (Phi) is 5.22. The van der Waals surface area contributed by atoms with E-state index in [4.69, 9.17) is 5.10 Å². The number of piperazine rings is 1. The molecule has 0 spiro atoms. The molecule has 152 valence electrons. The molecule has 0 saturated carbocycles. The van der Waals surface area contributed by atoms with Gasteiger partial charge in [-0.25, -0.2) is 8.42 Å². The zero-order chi connectivity index (χ0) is 19.9. The van der Waals surface area contributed by atoms with E-state index in [-0.39, 0.29) is 17.5 Å². The number of hydrogen-bond acceptors (Lipinski definition) is 5. The molecule has 6 nitrogen and oxygen atoms in total. The second-order valence-electron chi connectivity index (χ2n) is 8.13. The molecule has 4 rings (SSSR count). The van der Waals surface area contributed by atoms with Gasteiger partial charge in [-0.3, -0.25) is 9.58 Å². The number of nitrogens with zero attached hydrogens (tertiary/aromatic N) is 4. The smallest absolute Gasteiger partial charge is 0.152 e. The molecule has 0 bridgehead atoms. The van der Waals surface area contributed by atoms with Crippen molar-refractivity contribution < 1.29 is 8.42 Å². The monoisotopic (exact) mass is 402 g/mol. The number of benzene rings is 1. The van der Waals surface area contributed by atoms with Crippen molar-refractivity contribution >= 4 is 15.5 Å². The van der Waals surface area contributed by atoms with E-state index in [9.17, 15) is 8.42 Å². The summed E-state index contributed by atoms with van der Waals surface area (Å²) in [7, 11) is -2.91. The molecule has 0 N–H and O–H groups in total. The molecule has 2 saturated heterocycles. The Morgan fingerprint density at radius 1 is 1.07 bits per heavy atom. The van der Waals surface area contributed by atoms with Gasteiger partial charge in [-0.2, -0.15) is 5.10 Å². The molecule has 2 aliphatic rings. The molecule has 0 radical (unpaired) electrons. The van der Waals surface area contributed by atoms with Gasteiger partial charge in [0.2, 0.25) is 0 Å². The number of hydrogen-bond donors (Lipinski definition) is 0. The van der Waals surface area contributed by atoms with Crippen molar-refractivity contribution in [1.82, 2.24) is 14.7 Å². The average Bonchev–Trinajstić information content (AvgIpc) is 3.20. The molecule has 1 aromatic heterocycles. The van der Waals surface area contributed by atoms with Crippen LogP contribution in [0.3, 0.4) is 0 Å². The highest BCUT2D eigenvalue weighted by molar-refractivity contribution is 7.91. The predicted molar refractivity (Wildman–Crippen MR) is 113 cm³/mol. The summed E-state index contributed by atoms with van der Waals surface area (Å²) >= 11 is 0. The summed E-state index contributed by atoms with van der Waals surface area (Å²) in [5, 5.41) is 4.73. The molecule has 7 heteroatoms. The third-order valence-corrected chi connectivity index (χ3v) is 8.05. The Balaban J connectivity index is 1.46. The summed E-state index contributed by atoms with van der Waals surface area (Å²) in [5.74, 6) is 0.498. The fourth-order valence-corrected chi connectivity index (χ4v) is 6.40. The molecule has 1 aromatic carbocycles. The second-order valence-corrected chi connectivity index (χ2v) is 10.4. The van der Waals surface area contributed by atoms with Gasteiger partial charge in [0.15, 0.2) is 9.84 Å². The van der Waals surface area contributed by atoms with Crippen LogP contribution in [0.2, 0.25) is 0 Å². The van der Waals surface area contributed by atoms with E-state index in [0.717, 1.165) is 37.6 Å². The summed E-state index contributed by atoms with van der Waals surface area (Å²) in [4.78, 5) is 4.95. The lowest BCUT2D eigenvalue weighted by Crippen LogP contribution is -2.47. The molecule has 0 amide bonds. The maximum Gasteiger partial charge on any atom is 0.152 e.